The van der Waals surface area contributed by atoms with Crippen LogP contribution in [0.3, 0.4) is 0 Å². The largest absolute Gasteiger partial charge is 0.312 e. The van der Waals surface area contributed by atoms with Gasteiger partial charge in [-0.25, -0.2) is 5.10 Å². The van der Waals surface area contributed by atoms with E-state index in [9.17, 15) is 4.79 Å². The number of H-pyrrole nitrogens is 1. The van der Waals surface area contributed by atoms with Crippen LogP contribution in [0.4, 0.5) is 0 Å². The van der Waals surface area contributed by atoms with Crippen molar-refractivity contribution < 1.29 is 0 Å². The third kappa shape index (κ3) is 1.65. The van der Waals surface area contributed by atoms with E-state index in [-0.39, 0.29) is 18.0 Å². The molecule has 0 amide bonds. The van der Waals surface area contributed by atoms with Crippen LogP contribution in [-0.4, -0.2) is 16.7 Å². The maximum absolute atomic E-state index is 10.8. The van der Waals surface area contributed by atoms with Crippen molar-refractivity contribution in [1.29, 1.82) is 0 Å². The molecule has 2 N–H and O–H groups in total. The highest BCUT2D eigenvalue weighted by atomic mass is 35.5. The molecule has 12 heavy (non-hydrogen) atoms. The molecule has 5 heteroatoms. The Morgan fingerprint density at radius 2 is 2.33 bits per heavy atom. The van der Waals surface area contributed by atoms with Gasteiger partial charge in [-0.2, -0.15) is 5.10 Å². The third-order valence-corrected chi connectivity index (χ3v) is 1.83. The van der Waals surface area contributed by atoms with Gasteiger partial charge in [0.1, 0.15) is 0 Å². The summed E-state index contributed by atoms with van der Waals surface area (Å²) in [5, 5.41) is 9.54. The van der Waals surface area contributed by atoms with E-state index in [1.165, 1.54) is 0 Å². The first-order valence-corrected chi connectivity index (χ1v) is 3.64. The minimum Gasteiger partial charge on any atom is -0.312 e. The second-order valence-corrected chi connectivity index (χ2v) is 2.63. The van der Waals surface area contributed by atoms with Crippen LogP contribution in [0.5, 0.6) is 0 Å². The predicted molar refractivity (Wildman–Crippen MR) is 47.5 cm³/mol. The van der Waals surface area contributed by atoms with E-state index in [2.05, 4.69) is 15.5 Å². The highest BCUT2D eigenvalue weighted by Crippen LogP contribution is 2.05. The van der Waals surface area contributed by atoms with E-state index in [1.54, 1.807) is 6.07 Å². The number of nitrogens with zero attached hydrogens (tertiary/aromatic N) is 1. The fraction of sp³-hybridized carbons (Fsp3) is 0.429. The number of nitrogens with one attached hydrogen (secondary N) is 2. The van der Waals surface area contributed by atoms with Gasteiger partial charge >= 0.3 is 0 Å². The van der Waals surface area contributed by atoms with Gasteiger partial charge in [-0.3, -0.25) is 4.79 Å². The van der Waals surface area contributed by atoms with Gasteiger partial charge in [0.05, 0.1) is 5.69 Å². The molecule has 0 fully saturated rings. The molecule has 1 aromatic heterocycles. The Morgan fingerprint density at radius 3 is 3.17 bits per heavy atom. The summed E-state index contributed by atoms with van der Waals surface area (Å²) in [7, 11) is 0. The average molecular weight is 188 g/mol. The van der Waals surface area contributed by atoms with Gasteiger partial charge in [0.2, 0.25) is 0 Å². The van der Waals surface area contributed by atoms with Crippen molar-refractivity contribution in [2.45, 2.75) is 13.0 Å². The molecule has 1 aromatic rings. The van der Waals surface area contributed by atoms with Crippen LogP contribution in [0.25, 0.3) is 0 Å². The van der Waals surface area contributed by atoms with Crippen molar-refractivity contribution in [3.8, 4) is 0 Å². The monoisotopic (exact) mass is 187 g/mol. The van der Waals surface area contributed by atoms with Crippen molar-refractivity contribution >= 4 is 12.4 Å². The minimum atomic E-state index is -0.118. The van der Waals surface area contributed by atoms with Gasteiger partial charge < -0.3 is 5.32 Å². The molecule has 0 aromatic carbocycles. The van der Waals surface area contributed by atoms with Crippen molar-refractivity contribution in [3.05, 3.63) is 27.7 Å². The summed E-state index contributed by atoms with van der Waals surface area (Å²) in [6.07, 6.45) is 0.909. The van der Waals surface area contributed by atoms with Crippen LogP contribution < -0.4 is 10.9 Å². The van der Waals surface area contributed by atoms with Crippen molar-refractivity contribution in [2.24, 2.45) is 0 Å². The smallest absolute Gasteiger partial charge is 0.264 e. The normalized spacial score (nSPS) is 14.7. The minimum absolute atomic E-state index is 0. The van der Waals surface area contributed by atoms with Crippen LogP contribution in [-0.2, 0) is 13.0 Å². The maximum Gasteiger partial charge on any atom is 0.264 e. The van der Waals surface area contributed by atoms with Gasteiger partial charge in [-0.05, 0) is 5.56 Å². The van der Waals surface area contributed by atoms with E-state index >= 15 is 0 Å². The van der Waals surface area contributed by atoms with Gasteiger partial charge in [0.25, 0.3) is 5.56 Å². The lowest BCUT2D eigenvalue weighted by atomic mass is 10.1. The van der Waals surface area contributed by atoms with Gasteiger partial charge in [-0.15, -0.1) is 12.4 Å². The summed E-state index contributed by atoms with van der Waals surface area (Å²) in [5.74, 6) is 0. The molecule has 2 rings (SSSR count). The predicted octanol–water partition coefficient (Wildman–Crippen LogP) is -0.163. The fourth-order valence-corrected chi connectivity index (χ4v) is 1.27. The molecule has 4 nitrogen and oxygen atoms in total. The molecule has 66 valence electrons. The molecule has 0 spiro atoms. The van der Waals surface area contributed by atoms with Crippen molar-refractivity contribution in [1.82, 2.24) is 15.5 Å². The number of hydrogen-bond acceptors (Lipinski definition) is 3. The first-order chi connectivity index (χ1) is 5.36. The van der Waals surface area contributed by atoms with Crippen molar-refractivity contribution in [3.63, 3.8) is 0 Å². The van der Waals surface area contributed by atoms with E-state index in [0.717, 1.165) is 30.8 Å². The summed E-state index contributed by atoms with van der Waals surface area (Å²) in [6.45, 7) is 1.72. The average Bonchev–Trinajstić information content (AvgIpc) is 2.04. The van der Waals surface area contributed by atoms with E-state index in [0.29, 0.717) is 0 Å². The zero-order valence-corrected chi connectivity index (χ0v) is 7.28. The topological polar surface area (TPSA) is 57.8 Å². The Labute approximate surface area is 75.8 Å². The molecular formula is C7H10ClN3O. The molecule has 0 bridgehead atoms. The highest BCUT2D eigenvalue weighted by molar-refractivity contribution is 5.85. The molecule has 0 radical (unpaired) electrons. The van der Waals surface area contributed by atoms with E-state index in [1.807, 2.05) is 0 Å². The number of aromatic amines is 1. The van der Waals surface area contributed by atoms with E-state index < -0.39 is 0 Å². The van der Waals surface area contributed by atoms with Crippen LogP contribution >= 0.6 is 12.4 Å². The Morgan fingerprint density at radius 1 is 1.50 bits per heavy atom. The molecule has 0 saturated carbocycles. The molecule has 0 saturated heterocycles. The Balaban J connectivity index is 0.000000720. The first-order valence-electron chi connectivity index (χ1n) is 3.64. The molecule has 0 atom stereocenters. The summed E-state index contributed by atoms with van der Waals surface area (Å²) in [5.41, 5.74) is 1.93. The van der Waals surface area contributed by atoms with Gasteiger partial charge in [0.15, 0.2) is 0 Å². The quantitative estimate of drug-likeness (QED) is 0.594. The summed E-state index contributed by atoms with van der Waals surface area (Å²) < 4.78 is 0. The molecule has 2 heterocycles. The first kappa shape index (κ1) is 9.22. The lowest BCUT2D eigenvalue weighted by Crippen LogP contribution is -2.27. The van der Waals surface area contributed by atoms with Crippen LogP contribution in [0, 0.1) is 0 Å². The van der Waals surface area contributed by atoms with E-state index in [4.69, 9.17) is 0 Å². The zero-order chi connectivity index (χ0) is 7.68. The number of hydrogen-bond donors (Lipinski definition) is 2. The van der Waals surface area contributed by atoms with Crippen LogP contribution in [0.2, 0.25) is 0 Å². The second-order valence-electron chi connectivity index (χ2n) is 2.63. The lowest BCUT2D eigenvalue weighted by Gasteiger charge is -2.13. The molecular weight excluding hydrogens is 178 g/mol. The van der Waals surface area contributed by atoms with Gasteiger partial charge in [0, 0.05) is 25.6 Å². The summed E-state index contributed by atoms with van der Waals surface area (Å²) in [4.78, 5) is 10.8. The molecule has 1 aliphatic heterocycles. The number of rotatable bonds is 0. The lowest BCUT2D eigenvalue weighted by molar-refractivity contribution is 0.618. The molecule has 1 aliphatic rings. The number of aromatic nitrogens is 2. The van der Waals surface area contributed by atoms with Crippen LogP contribution in [0.1, 0.15) is 11.3 Å². The zero-order valence-electron chi connectivity index (χ0n) is 6.46. The standard InChI is InChI=1S/C7H9N3O.ClH/c11-7-3-5-4-8-2-1-6(5)9-10-7;/h3,8H,1-2,4H2,(H,10,11);1H. The Bertz CT molecular complexity index is 323. The van der Waals surface area contributed by atoms with Crippen molar-refractivity contribution in [2.75, 3.05) is 6.54 Å². The Kier molecular flexibility index (Phi) is 2.83. The maximum atomic E-state index is 10.8. The number of halogens is 1. The molecule has 0 aliphatic carbocycles. The highest BCUT2D eigenvalue weighted by Gasteiger charge is 2.09. The summed E-state index contributed by atoms with van der Waals surface area (Å²) >= 11 is 0. The number of fused-ring (bicyclic) bond motifs is 1. The third-order valence-electron chi connectivity index (χ3n) is 1.83. The van der Waals surface area contributed by atoms with Gasteiger partial charge in [-0.1, -0.05) is 0 Å². The summed E-state index contributed by atoms with van der Waals surface area (Å²) in [6, 6.07) is 1.61. The fourth-order valence-electron chi connectivity index (χ4n) is 1.27. The Hall–Kier alpha value is -0.870. The van der Waals surface area contributed by atoms with Crippen LogP contribution in [0.15, 0.2) is 10.9 Å². The molecule has 0 unspecified atom stereocenters. The SMILES string of the molecule is Cl.O=c1cc2c(n[nH]1)CCNC2. The second kappa shape index (κ2) is 3.69.